The molecule has 1 unspecified atom stereocenters. The number of aromatic nitrogens is 2. The number of H-pyrrole nitrogens is 2. The number of nitrogens with one attached hydrogen (secondary N) is 2. The molecule has 1 saturated heterocycles. The zero-order valence-corrected chi connectivity index (χ0v) is 12.2. The van der Waals surface area contributed by atoms with Gasteiger partial charge in [-0.25, -0.2) is 0 Å². The predicted molar refractivity (Wildman–Crippen MR) is 79.4 cm³/mol. The summed E-state index contributed by atoms with van der Waals surface area (Å²) < 4.78 is 11.6. The first-order valence-electron chi connectivity index (χ1n) is 6.53. The largest absolute Gasteiger partial charge is 0.394 e. The second kappa shape index (κ2) is 5.39. The lowest BCUT2D eigenvalue weighted by molar-refractivity contribution is -0.0230. The van der Waals surface area contributed by atoms with Crippen LogP contribution >= 0.6 is 12.2 Å². The lowest BCUT2D eigenvalue weighted by Crippen LogP contribution is -2.33. The first-order valence-corrected chi connectivity index (χ1v) is 6.94. The molecular formula is C13H17N3O4S. The van der Waals surface area contributed by atoms with E-state index < -0.39 is 24.4 Å². The number of nitrogen functional groups attached to an aromatic ring is 1. The second-order valence-corrected chi connectivity index (χ2v) is 5.46. The van der Waals surface area contributed by atoms with E-state index in [0.29, 0.717) is 10.5 Å². The third-order valence-electron chi connectivity index (χ3n) is 3.83. The molecule has 2 aromatic heterocycles. The number of hydrogen-bond acceptors (Lipinski definition) is 6. The summed E-state index contributed by atoms with van der Waals surface area (Å²) in [5.41, 5.74) is 7.29. The van der Waals surface area contributed by atoms with Gasteiger partial charge in [-0.3, -0.25) is 0 Å². The Morgan fingerprint density at radius 2 is 2.29 bits per heavy atom. The Morgan fingerprint density at radius 3 is 2.95 bits per heavy atom. The highest BCUT2D eigenvalue weighted by atomic mass is 32.1. The maximum Gasteiger partial charge on any atom is 0.116 e. The average molecular weight is 311 g/mol. The first-order chi connectivity index (χ1) is 10.1. The molecule has 1 aliphatic rings. The summed E-state index contributed by atoms with van der Waals surface area (Å²) >= 11 is 5.24. The minimum Gasteiger partial charge on any atom is -0.394 e. The number of nitrogens with two attached hydrogens (primary N) is 1. The van der Waals surface area contributed by atoms with Crippen LogP contribution in [0.25, 0.3) is 10.9 Å². The Balaban J connectivity index is 2.12. The van der Waals surface area contributed by atoms with Gasteiger partial charge in [-0.05, 0) is 6.07 Å². The van der Waals surface area contributed by atoms with Crippen LogP contribution < -0.4 is 5.73 Å². The lowest BCUT2D eigenvalue weighted by Gasteiger charge is -2.19. The molecule has 0 spiro atoms. The van der Waals surface area contributed by atoms with Crippen LogP contribution in [0.5, 0.6) is 0 Å². The van der Waals surface area contributed by atoms with E-state index in [2.05, 4.69) is 9.97 Å². The molecule has 114 valence electrons. The number of methoxy groups -OCH3 is 1. The van der Waals surface area contributed by atoms with E-state index in [-0.39, 0.29) is 6.61 Å². The molecule has 0 saturated carbocycles. The molecule has 0 amide bonds. The van der Waals surface area contributed by atoms with E-state index >= 15 is 0 Å². The van der Waals surface area contributed by atoms with Gasteiger partial charge in [0.25, 0.3) is 0 Å². The van der Waals surface area contributed by atoms with Crippen molar-refractivity contribution in [3.8, 4) is 0 Å². The van der Waals surface area contributed by atoms with Crippen LogP contribution in [0.2, 0.25) is 0 Å². The monoisotopic (exact) mass is 311 g/mol. The van der Waals surface area contributed by atoms with Gasteiger partial charge in [-0.2, -0.15) is 0 Å². The van der Waals surface area contributed by atoms with Gasteiger partial charge >= 0.3 is 0 Å². The lowest BCUT2D eigenvalue weighted by atomic mass is 10.0. The fourth-order valence-corrected chi connectivity index (χ4v) is 3.02. The zero-order chi connectivity index (χ0) is 15.1. The van der Waals surface area contributed by atoms with Crippen molar-refractivity contribution < 1.29 is 19.7 Å². The van der Waals surface area contributed by atoms with Gasteiger partial charge in [0.1, 0.15) is 34.9 Å². The van der Waals surface area contributed by atoms with Gasteiger partial charge in [0, 0.05) is 24.3 Å². The van der Waals surface area contributed by atoms with Crippen LogP contribution in [-0.2, 0) is 9.47 Å². The number of aromatic amines is 2. The Labute approximate surface area is 125 Å². The van der Waals surface area contributed by atoms with Gasteiger partial charge in [-0.1, -0.05) is 12.2 Å². The minimum absolute atomic E-state index is 0.281. The molecular weight excluding hydrogens is 294 g/mol. The maximum atomic E-state index is 10.1. The number of aliphatic hydroxyl groups is 2. The fraction of sp³-hybridized carbons (Fsp3) is 0.462. The summed E-state index contributed by atoms with van der Waals surface area (Å²) in [4.78, 5) is 6.03. The summed E-state index contributed by atoms with van der Waals surface area (Å²) in [6.07, 6.45) is -1.00. The Hall–Kier alpha value is -1.45. The van der Waals surface area contributed by atoms with Crippen LogP contribution in [0.1, 0.15) is 11.7 Å². The van der Waals surface area contributed by atoms with Crippen LogP contribution in [0.4, 0.5) is 5.82 Å². The van der Waals surface area contributed by atoms with E-state index in [0.717, 1.165) is 16.5 Å². The number of aliphatic hydroxyl groups excluding tert-OH is 2. The molecule has 0 aliphatic carbocycles. The molecule has 1 fully saturated rings. The van der Waals surface area contributed by atoms with Crippen LogP contribution in [0, 0.1) is 4.64 Å². The summed E-state index contributed by atoms with van der Waals surface area (Å²) in [5.74, 6) is 0.489. The second-order valence-electron chi connectivity index (χ2n) is 5.06. The highest BCUT2D eigenvalue weighted by molar-refractivity contribution is 7.71. The molecule has 8 heteroatoms. The van der Waals surface area contributed by atoms with Crippen molar-refractivity contribution in [1.29, 1.82) is 0 Å². The molecule has 0 bridgehead atoms. The summed E-state index contributed by atoms with van der Waals surface area (Å²) in [6.45, 7) is -0.281. The third-order valence-corrected chi connectivity index (χ3v) is 4.16. The first kappa shape index (κ1) is 14.5. The smallest absolute Gasteiger partial charge is 0.116 e. The number of hydrogen-bond donors (Lipinski definition) is 5. The van der Waals surface area contributed by atoms with E-state index in [4.69, 9.17) is 27.4 Å². The van der Waals surface area contributed by atoms with Crippen LogP contribution in [0.15, 0.2) is 12.3 Å². The number of ether oxygens (including phenoxy) is 2. The van der Waals surface area contributed by atoms with Crippen molar-refractivity contribution in [2.75, 3.05) is 19.5 Å². The number of rotatable bonds is 3. The van der Waals surface area contributed by atoms with Crippen molar-refractivity contribution in [2.24, 2.45) is 0 Å². The SMILES string of the molecule is CO[C@H]1C(c2c[nH]c(=S)c3cc(N)[nH]c23)O[C@H](CO)[C@H]1O. The quantitative estimate of drug-likeness (QED) is 0.531. The van der Waals surface area contributed by atoms with Gasteiger partial charge in [0.2, 0.25) is 0 Å². The highest BCUT2D eigenvalue weighted by Crippen LogP contribution is 2.38. The van der Waals surface area contributed by atoms with Gasteiger partial charge < -0.3 is 35.4 Å². The maximum absolute atomic E-state index is 10.1. The molecule has 21 heavy (non-hydrogen) atoms. The average Bonchev–Trinajstić information content (AvgIpc) is 3.00. The Bertz CT molecular complexity index is 713. The number of anilines is 1. The van der Waals surface area contributed by atoms with E-state index in [1.165, 1.54) is 7.11 Å². The van der Waals surface area contributed by atoms with Crippen LogP contribution in [-0.4, -0.2) is 52.2 Å². The van der Waals surface area contributed by atoms with Crippen molar-refractivity contribution in [1.82, 2.24) is 9.97 Å². The zero-order valence-electron chi connectivity index (χ0n) is 11.4. The van der Waals surface area contributed by atoms with Gasteiger partial charge in [0.05, 0.1) is 12.1 Å². The molecule has 1 aliphatic heterocycles. The van der Waals surface area contributed by atoms with Gasteiger partial charge in [-0.15, -0.1) is 0 Å². The van der Waals surface area contributed by atoms with Crippen molar-refractivity contribution >= 4 is 28.9 Å². The molecule has 6 N–H and O–H groups in total. The third kappa shape index (κ3) is 2.25. The Kier molecular flexibility index (Phi) is 3.72. The van der Waals surface area contributed by atoms with Crippen molar-refractivity contribution in [3.05, 3.63) is 22.5 Å². The molecule has 2 aromatic rings. The normalized spacial score (nSPS) is 29.3. The number of fused-ring (bicyclic) bond motifs is 1. The molecule has 7 nitrogen and oxygen atoms in total. The molecule has 3 heterocycles. The Morgan fingerprint density at radius 1 is 1.52 bits per heavy atom. The van der Waals surface area contributed by atoms with Crippen molar-refractivity contribution in [3.63, 3.8) is 0 Å². The summed E-state index contributed by atoms with van der Waals surface area (Å²) in [7, 11) is 1.50. The molecule has 3 rings (SSSR count). The van der Waals surface area contributed by atoms with E-state index in [1.807, 2.05) is 0 Å². The summed E-state index contributed by atoms with van der Waals surface area (Å²) in [5, 5.41) is 20.2. The molecule has 4 atom stereocenters. The standard InChI is InChI=1S/C13H17N3O4S/c1-19-12-10(18)7(4-17)20-11(12)6-3-15-13(21)5-2-8(14)16-9(5)6/h2-3,7,10-12,16-18H,4,14H2,1H3,(H,15,21)/t7-,10-,11?,12-/m1/s1. The summed E-state index contributed by atoms with van der Waals surface area (Å²) in [6, 6.07) is 1.74. The van der Waals surface area contributed by atoms with Crippen LogP contribution in [0.3, 0.4) is 0 Å². The minimum atomic E-state index is -0.907. The molecule has 0 radical (unpaired) electrons. The topological polar surface area (TPSA) is 117 Å². The van der Waals surface area contributed by atoms with E-state index in [1.54, 1.807) is 12.3 Å². The van der Waals surface area contributed by atoms with Crippen molar-refractivity contribution in [2.45, 2.75) is 24.4 Å². The predicted octanol–water partition coefficient (Wildman–Crippen LogP) is 0.616. The number of pyridine rings is 1. The fourth-order valence-electron chi connectivity index (χ4n) is 2.80. The highest BCUT2D eigenvalue weighted by Gasteiger charge is 2.45. The molecule has 0 aromatic carbocycles. The van der Waals surface area contributed by atoms with E-state index in [9.17, 15) is 10.2 Å². The van der Waals surface area contributed by atoms with Gasteiger partial charge in [0.15, 0.2) is 0 Å².